The molecular formula is C16H19N4O4S2-. The van der Waals surface area contributed by atoms with Crippen LogP contribution in [-0.2, 0) is 4.79 Å². The number of hydrogen-bond acceptors (Lipinski definition) is 8. The first-order valence-corrected chi connectivity index (χ1v) is 9.64. The molecule has 2 N–H and O–H groups in total. The number of nitrogens with zero attached hydrogens (tertiary/aromatic N) is 2. The second-order valence-electron chi connectivity index (χ2n) is 5.25. The number of thioether (sulfide) groups is 1. The van der Waals surface area contributed by atoms with Gasteiger partial charge in [0.15, 0.2) is 4.34 Å². The molecule has 0 bridgehead atoms. The number of carbonyl (C=O) groups is 2. The van der Waals surface area contributed by atoms with Crippen molar-refractivity contribution in [3.63, 3.8) is 0 Å². The van der Waals surface area contributed by atoms with Gasteiger partial charge < -0.3 is 20.0 Å². The zero-order chi connectivity index (χ0) is 18.9. The molecule has 0 radical (unpaired) electrons. The van der Waals surface area contributed by atoms with Gasteiger partial charge in [0.25, 0.3) is 0 Å². The fourth-order valence-corrected chi connectivity index (χ4v) is 3.94. The Balaban J connectivity index is 1.89. The number of aliphatic carboxylic acids is 1. The Morgan fingerprint density at radius 3 is 2.62 bits per heavy atom. The first-order chi connectivity index (χ1) is 12.5. The number of carboxylic acids is 1. The second-order valence-corrected chi connectivity index (χ2v) is 7.68. The molecule has 0 saturated heterocycles. The first-order valence-electron chi connectivity index (χ1n) is 7.95. The Morgan fingerprint density at radius 1 is 1.27 bits per heavy atom. The molecule has 2 amide bonds. The van der Waals surface area contributed by atoms with Crippen LogP contribution >= 0.6 is 23.1 Å². The Kier molecular flexibility index (Phi) is 7.67. The van der Waals surface area contributed by atoms with Gasteiger partial charge >= 0.3 is 6.03 Å². The minimum atomic E-state index is -1.12. The predicted octanol–water partition coefficient (Wildman–Crippen LogP) is 2.59. The SMILES string of the molecule is CCCC[C@H](Sc1nnc(NC(=O)Nc2ccc(OC)cc2)s1)C(=O)[O-]. The molecule has 1 aromatic heterocycles. The van der Waals surface area contributed by atoms with Crippen LogP contribution in [0.2, 0.25) is 0 Å². The van der Waals surface area contributed by atoms with Crippen LogP contribution in [-0.4, -0.2) is 34.6 Å². The van der Waals surface area contributed by atoms with Crippen LogP contribution in [0.25, 0.3) is 0 Å². The number of carboxylic acid groups (broad SMARTS) is 1. The first kappa shape index (κ1) is 20.0. The summed E-state index contributed by atoms with van der Waals surface area (Å²) in [6, 6.07) is 6.40. The van der Waals surface area contributed by atoms with Crippen molar-refractivity contribution in [1.29, 1.82) is 0 Å². The molecule has 2 rings (SSSR count). The number of benzene rings is 1. The predicted molar refractivity (Wildman–Crippen MR) is 99.7 cm³/mol. The number of unbranched alkanes of at least 4 members (excludes halogenated alkanes) is 1. The largest absolute Gasteiger partial charge is 0.549 e. The van der Waals surface area contributed by atoms with Gasteiger partial charge in [0.2, 0.25) is 5.13 Å². The third-order valence-electron chi connectivity index (χ3n) is 3.30. The maximum Gasteiger partial charge on any atom is 0.325 e. The molecule has 140 valence electrons. The molecule has 0 aliphatic heterocycles. The molecule has 8 nitrogen and oxygen atoms in total. The summed E-state index contributed by atoms with van der Waals surface area (Å²) in [7, 11) is 1.56. The Hall–Kier alpha value is -2.33. The van der Waals surface area contributed by atoms with Crippen molar-refractivity contribution in [3.8, 4) is 5.75 Å². The lowest BCUT2D eigenvalue weighted by molar-refractivity contribution is -0.304. The Labute approximate surface area is 159 Å². The molecule has 1 atom stereocenters. The highest BCUT2D eigenvalue weighted by molar-refractivity contribution is 8.02. The monoisotopic (exact) mass is 395 g/mol. The number of nitrogens with one attached hydrogen (secondary N) is 2. The Bertz CT molecular complexity index is 736. The highest BCUT2D eigenvalue weighted by Gasteiger charge is 2.16. The van der Waals surface area contributed by atoms with Crippen molar-refractivity contribution < 1.29 is 19.4 Å². The van der Waals surface area contributed by atoms with E-state index in [1.807, 2.05) is 6.92 Å². The summed E-state index contributed by atoms with van der Waals surface area (Å²) >= 11 is 2.20. The quantitative estimate of drug-likeness (QED) is 0.495. The van der Waals surface area contributed by atoms with Gasteiger partial charge in [-0.15, -0.1) is 10.2 Å². The van der Waals surface area contributed by atoms with Gasteiger partial charge in [-0.2, -0.15) is 0 Å². The summed E-state index contributed by atoms with van der Waals surface area (Å²) in [5, 5.41) is 23.8. The maximum absolute atomic E-state index is 12.0. The molecule has 1 aromatic carbocycles. The number of hydrogen-bond donors (Lipinski definition) is 2. The molecule has 0 spiro atoms. The third kappa shape index (κ3) is 6.19. The van der Waals surface area contributed by atoms with Gasteiger partial charge in [0, 0.05) is 5.69 Å². The van der Waals surface area contributed by atoms with E-state index in [2.05, 4.69) is 20.8 Å². The van der Waals surface area contributed by atoms with Gasteiger partial charge in [-0.05, 0) is 30.7 Å². The fourth-order valence-electron chi connectivity index (χ4n) is 1.98. The van der Waals surface area contributed by atoms with Crippen LogP contribution in [0.1, 0.15) is 26.2 Å². The van der Waals surface area contributed by atoms with E-state index in [-0.39, 0.29) is 5.13 Å². The van der Waals surface area contributed by atoms with E-state index in [4.69, 9.17) is 4.74 Å². The van der Waals surface area contributed by atoms with Crippen molar-refractivity contribution in [2.45, 2.75) is 35.8 Å². The lowest BCUT2D eigenvalue weighted by Crippen LogP contribution is -2.33. The molecule has 0 saturated carbocycles. The maximum atomic E-state index is 12.0. The van der Waals surface area contributed by atoms with E-state index in [1.54, 1.807) is 31.4 Å². The molecule has 10 heteroatoms. The Morgan fingerprint density at radius 2 is 2.00 bits per heavy atom. The lowest BCUT2D eigenvalue weighted by atomic mass is 10.2. The highest BCUT2D eigenvalue weighted by Crippen LogP contribution is 2.31. The molecular weight excluding hydrogens is 376 g/mol. The van der Waals surface area contributed by atoms with Crippen molar-refractivity contribution in [2.75, 3.05) is 17.7 Å². The van der Waals surface area contributed by atoms with Crippen molar-refractivity contribution in [3.05, 3.63) is 24.3 Å². The van der Waals surface area contributed by atoms with Crippen LogP contribution in [0.15, 0.2) is 28.6 Å². The highest BCUT2D eigenvalue weighted by atomic mass is 32.2. The molecule has 1 heterocycles. The van der Waals surface area contributed by atoms with Gasteiger partial charge in [-0.1, -0.05) is 42.9 Å². The summed E-state index contributed by atoms with van der Waals surface area (Å²) < 4.78 is 5.52. The van der Waals surface area contributed by atoms with Gasteiger partial charge in [-0.25, -0.2) is 4.79 Å². The summed E-state index contributed by atoms with van der Waals surface area (Å²) in [5.74, 6) is -0.433. The number of rotatable bonds is 9. The van der Waals surface area contributed by atoms with E-state index in [0.29, 0.717) is 22.2 Å². The van der Waals surface area contributed by atoms with Crippen molar-refractivity contribution in [1.82, 2.24) is 10.2 Å². The van der Waals surface area contributed by atoms with E-state index in [0.717, 1.165) is 35.9 Å². The summed E-state index contributed by atoms with van der Waals surface area (Å²) in [4.78, 5) is 23.2. The number of urea groups is 1. The molecule has 2 aromatic rings. The number of amides is 2. The number of anilines is 2. The summed E-state index contributed by atoms with van der Waals surface area (Å²) in [5.41, 5.74) is 0.596. The molecule has 0 aliphatic rings. The van der Waals surface area contributed by atoms with Gasteiger partial charge in [0.05, 0.1) is 18.3 Å². The number of ether oxygens (including phenoxy) is 1. The number of carbonyl (C=O) groups excluding carboxylic acids is 2. The second kappa shape index (κ2) is 9.97. The average Bonchev–Trinajstić information content (AvgIpc) is 3.05. The normalized spacial score (nSPS) is 11.6. The third-order valence-corrected chi connectivity index (χ3v) is 5.47. The van der Waals surface area contributed by atoms with E-state index in [9.17, 15) is 14.7 Å². The zero-order valence-electron chi connectivity index (χ0n) is 14.4. The zero-order valence-corrected chi connectivity index (χ0v) is 16.0. The van der Waals surface area contributed by atoms with Crippen LogP contribution < -0.4 is 20.5 Å². The summed E-state index contributed by atoms with van der Waals surface area (Å²) in [6.07, 6.45) is 2.20. The molecule has 26 heavy (non-hydrogen) atoms. The standard InChI is InChI=1S/C16H20N4O4S2/c1-3-4-5-12(13(21)22)25-16-20-19-15(26-16)18-14(23)17-10-6-8-11(24-2)9-7-10/h6-9,12H,3-5H2,1-2H3,(H,21,22)(H2,17,18,19,23)/p-1/t12-/m0/s1. The van der Waals surface area contributed by atoms with Gasteiger partial charge in [-0.3, -0.25) is 5.32 Å². The smallest absolute Gasteiger partial charge is 0.325 e. The lowest BCUT2D eigenvalue weighted by Gasteiger charge is -2.14. The molecule has 0 unspecified atom stereocenters. The summed E-state index contributed by atoms with van der Waals surface area (Å²) in [6.45, 7) is 1.99. The number of aromatic nitrogens is 2. The van der Waals surface area contributed by atoms with E-state index >= 15 is 0 Å². The average molecular weight is 395 g/mol. The van der Waals surface area contributed by atoms with Crippen molar-refractivity contribution in [2.24, 2.45) is 0 Å². The van der Waals surface area contributed by atoms with E-state index in [1.165, 1.54) is 0 Å². The van der Waals surface area contributed by atoms with E-state index < -0.39 is 17.3 Å². The van der Waals surface area contributed by atoms with Gasteiger partial charge in [0.1, 0.15) is 5.75 Å². The van der Waals surface area contributed by atoms with Crippen molar-refractivity contribution >= 4 is 45.9 Å². The fraction of sp³-hybridized carbons (Fsp3) is 0.375. The minimum absolute atomic E-state index is 0.283. The molecule has 0 aliphatic carbocycles. The van der Waals surface area contributed by atoms with Crippen LogP contribution in [0.4, 0.5) is 15.6 Å². The van der Waals surface area contributed by atoms with Crippen LogP contribution in [0, 0.1) is 0 Å². The topological polar surface area (TPSA) is 116 Å². The minimum Gasteiger partial charge on any atom is -0.549 e. The van der Waals surface area contributed by atoms with Crippen LogP contribution in [0.3, 0.4) is 0 Å². The molecule has 0 fully saturated rings. The number of methoxy groups -OCH3 is 1. The van der Waals surface area contributed by atoms with Crippen LogP contribution in [0.5, 0.6) is 5.75 Å².